The molecule has 14 nitrogen and oxygen atoms in total. The third-order valence-electron chi connectivity index (χ3n) is 7.24. The summed E-state index contributed by atoms with van der Waals surface area (Å²) in [6.07, 6.45) is 1.02. The Labute approximate surface area is 256 Å². The van der Waals surface area contributed by atoms with Gasteiger partial charge in [0.1, 0.15) is 29.9 Å². The summed E-state index contributed by atoms with van der Waals surface area (Å²) < 4.78 is 19.6. The SMILES string of the molecule is CC1(C)CC(Nc2ccc3cc(OCCO/N=C(\C(=O)N[C@@H]4C(=O)N(OSO)C4(C)C)c4csc(N)n4)ccc3n2)CN1. The predicted octanol–water partition coefficient (Wildman–Crippen LogP) is 2.78. The topological polar surface area (TPSA) is 186 Å². The minimum atomic E-state index is -0.919. The van der Waals surface area contributed by atoms with Gasteiger partial charge in [-0.2, -0.15) is 9.35 Å². The number of carbonyl (C=O) groups is 2. The summed E-state index contributed by atoms with van der Waals surface area (Å²) >= 11 is 1.18. The van der Waals surface area contributed by atoms with Gasteiger partial charge in [-0.25, -0.2) is 9.97 Å². The van der Waals surface area contributed by atoms with Crippen molar-refractivity contribution < 1.29 is 28.0 Å². The highest BCUT2D eigenvalue weighted by molar-refractivity contribution is 7.88. The molecule has 3 aromatic rings. The number of hydrogen-bond donors (Lipinski definition) is 5. The zero-order chi connectivity index (χ0) is 30.8. The Kier molecular flexibility index (Phi) is 8.94. The summed E-state index contributed by atoms with van der Waals surface area (Å²) in [5.41, 5.74) is 5.85. The molecule has 1 aromatic carbocycles. The molecule has 43 heavy (non-hydrogen) atoms. The van der Waals surface area contributed by atoms with Crippen LogP contribution in [-0.4, -0.2) is 80.0 Å². The van der Waals surface area contributed by atoms with Crippen LogP contribution in [0.4, 0.5) is 10.9 Å². The van der Waals surface area contributed by atoms with Crippen molar-refractivity contribution >= 4 is 63.0 Å². The van der Waals surface area contributed by atoms with E-state index in [0.29, 0.717) is 11.8 Å². The van der Waals surface area contributed by atoms with Crippen LogP contribution in [0.5, 0.6) is 5.75 Å². The summed E-state index contributed by atoms with van der Waals surface area (Å²) in [5, 5.41) is 17.3. The molecule has 2 aliphatic heterocycles. The Balaban J connectivity index is 1.16. The van der Waals surface area contributed by atoms with Gasteiger partial charge in [-0.1, -0.05) is 5.16 Å². The highest BCUT2D eigenvalue weighted by Crippen LogP contribution is 2.33. The number of amides is 2. The number of benzene rings is 1. The number of nitrogens with two attached hydrogens (primary N) is 1. The number of carbonyl (C=O) groups excluding carboxylic acids is 2. The maximum Gasteiger partial charge on any atom is 0.276 e. The van der Waals surface area contributed by atoms with Crippen molar-refractivity contribution in [2.45, 2.75) is 57.3 Å². The van der Waals surface area contributed by atoms with Gasteiger partial charge < -0.3 is 35.8 Å². The van der Waals surface area contributed by atoms with Crippen molar-refractivity contribution in [2.75, 3.05) is 30.8 Å². The quantitative estimate of drug-likeness (QED) is 0.0649. The van der Waals surface area contributed by atoms with Gasteiger partial charge in [0.2, 0.25) is 0 Å². The maximum absolute atomic E-state index is 13.1. The molecule has 0 spiro atoms. The van der Waals surface area contributed by atoms with E-state index in [1.165, 1.54) is 0 Å². The predicted molar refractivity (Wildman–Crippen MR) is 165 cm³/mol. The number of nitrogens with zero attached hydrogens (tertiary/aromatic N) is 4. The first-order chi connectivity index (χ1) is 20.5. The number of nitrogen functional groups attached to an aromatic ring is 1. The average molecular weight is 631 g/mol. The van der Waals surface area contributed by atoms with Gasteiger partial charge in [0.25, 0.3) is 11.8 Å². The number of hydroxylamine groups is 2. The van der Waals surface area contributed by atoms with E-state index in [0.717, 1.165) is 46.1 Å². The second kappa shape index (κ2) is 12.5. The number of nitrogens with one attached hydrogen (secondary N) is 3. The Morgan fingerprint density at radius 3 is 2.74 bits per heavy atom. The van der Waals surface area contributed by atoms with E-state index in [-0.39, 0.29) is 47.6 Å². The van der Waals surface area contributed by atoms with Gasteiger partial charge in [0.05, 0.1) is 11.1 Å². The monoisotopic (exact) mass is 630 g/mol. The van der Waals surface area contributed by atoms with E-state index in [2.05, 4.69) is 39.9 Å². The normalized spacial score (nSPS) is 21.0. The summed E-state index contributed by atoms with van der Waals surface area (Å²) in [4.78, 5) is 39.8. The van der Waals surface area contributed by atoms with Crippen LogP contribution in [0.15, 0.2) is 40.9 Å². The molecule has 0 bridgehead atoms. The molecule has 230 valence electrons. The summed E-state index contributed by atoms with van der Waals surface area (Å²) in [6.45, 7) is 8.82. The van der Waals surface area contributed by atoms with E-state index in [4.69, 9.17) is 29.1 Å². The van der Waals surface area contributed by atoms with Gasteiger partial charge in [0.15, 0.2) is 29.8 Å². The number of oxime groups is 1. The average Bonchev–Trinajstić information content (AvgIpc) is 3.55. The molecule has 2 atom stereocenters. The lowest BCUT2D eigenvalue weighted by molar-refractivity contribution is -0.214. The van der Waals surface area contributed by atoms with Crippen molar-refractivity contribution in [1.29, 1.82) is 0 Å². The zero-order valence-corrected chi connectivity index (χ0v) is 25.8. The van der Waals surface area contributed by atoms with Crippen LogP contribution in [0, 0.1) is 0 Å². The second-order valence-corrected chi connectivity index (χ2v) is 12.6. The lowest BCUT2D eigenvalue weighted by atomic mass is 9.84. The fourth-order valence-electron chi connectivity index (χ4n) is 5.01. The highest BCUT2D eigenvalue weighted by atomic mass is 32.2. The van der Waals surface area contributed by atoms with E-state index in [1.54, 1.807) is 19.2 Å². The van der Waals surface area contributed by atoms with Crippen LogP contribution in [0.3, 0.4) is 0 Å². The number of ether oxygens (including phenoxy) is 1. The molecule has 4 heterocycles. The third kappa shape index (κ3) is 6.94. The van der Waals surface area contributed by atoms with E-state index < -0.39 is 23.4 Å². The summed E-state index contributed by atoms with van der Waals surface area (Å²) in [7, 11) is 0. The molecule has 0 aliphatic carbocycles. The molecule has 2 saturated heterocycles. The van der Waals surface area contributed by atoms with Gasteiger partial charge in [-0.3, -0.25) is 9.59 Å². The van der Waals surface area contributed by atoms with E-state index in [1.807, 2.05) is 30.3 Å². The maximum atomic E-state index is 13.1. The van der Waals surface area contributed by atoms with Crippen LogP contribution in [0.2, 0.25) is 0 Å². The number of hydrogen-bond acceptors (Lipinski definition) is 14. The molecular formula is C27H34N8O6S2. The third-order valence-corrected chi connectivity index (χ3v) is 8.13. The van der Waals surface area contributed by atoms with E-state index in [9.17, 15) is 9.59 Å². The fraction of sp³-hybridized carbons (Fsp3) is 0.444. The lowest BCUT2D eigenvalue weighted by Crippen LogP contribution is -2.76. The van der Waals surface area contributed by atoms with Crippen molar-refractivity contribution in [3.8, 4) is 5.75 Å². The molecule has 2 aromatic heterocycles. The molecule has 2 fully saturated rings. The number of fused-ring (bicyclic) bond motifs is 1. The molecule has 1 unspecified atom stereocenters. The molecule has 2 amide bonds. The number of β-lactam (4-membered cyclic amide) rings is 1. The first-order valence-corrected chi connectivity index (χ1v) is 15.1. The smallest absolute Gasteiger partial charge is 0.276 e. The van der Waals surface area contributed by atoms with Gasteiger partial charge in [-0.15, -0.1) is 11.3 Å². The minimum absolute atomic E-state index is 0.0323. The molecule has 0 radical (unpaired) electrons. The van der Waals surface area contributed by atoms with Crippen LogP contribution in [0.25, 0.3) is 10.9 Å². The standard InChI is InChI=1S/C27H34N8O6S2/c1-26(2)12-16(13-29-26)30-20-8-5-15-11-17(6-7-18(15)31-20)39-9-10-40-34-21(19-14-42-25(28)32-19)23(36)33-22-24(37)35(41-43-38)27(22,3)4/h5-8,11,14,16,22,29,38H,9-10,12-13H2,1-4H3,(H2,28,32)(H,30,31)(H,33,36)/b34-21-/t16?,22-/m1/s1. The largest absolute Gasteiger partial charge is 0.490 e. The Bertz CT molecular complexity index is 1530. The minimum Gasteiger partial charge on any atom is -0.490 e. The Morgan fingerprint density at radius 1 is 1.26 bits per heavy atom. The van der Waals surface area contributed by atoms with Crippen LogP contribution in [0.1, 0.15) is 39.8 Å². The number of anilines is 2. The highest BCUT2D eigenvalue weighted by Gasteiger charge is 2.57. The number of thiazole rings is 1. The zero-order valence-electron chi connectivity index (χ0n) is 24.1. The number of rotatable bonds is 12. The van der Waals surface area contributed by atoms with Gasteiger partial charge in [0, 0.05) is 28.9 Å². The molecule has 2 aliphatic rings. The van der Waals surface area contributed by atoms with Crippen molar-refractivity contribution in [1.82, 2.24) is 25.7 Å². The Hall–Kier alpha value is -3.70. The Morgan fingerprint density at radius 2 is 2.07 bits per heavy atom. The van der Waals surface area contributed by atoms with E-state index >= 15 is 0 Å². The molecule has 0 saturated carbocycles. The molecule has 6 N–H and O–H groups in total. The lowest BCUT2D eigenvalue weighted by Gasteiger charge is -2.50. The first kappa shape index (κ1) is 30.7. The van der Waals surface area contributed by atoms with Gasteiger partial charge in [-0.05, 0) is 64.4 Å². The van der Waals surface area contributed by atoms with Crippen molar-refractivity contribution in [2.24, 2.45) is 5.16 Å². The number of aromatic nitrogens is 2. The summed E-state index contributed by atoms with van der Waals surface area (Å²) in [5.74, 6) is 0.254. The second-order valence-electron chi connectivity index (χ2n) is 11.4. The first-order valence-electron chi connectivity index (χ1n) is 13.6. The fourth-order valence-corrected chi connectivity index (χ4v) is 5.89. The molecule has 16 heteroatoms. The van der Waals surface area contributed by atoms with Crippen LogP contribution >= 0.6 is 23.7 Å². The van der Waals surface area contributed by atoms with Crippen molar-refractivity contribution in [3.63, 3.8) is 0 Å². The number of pyridine rings is 1. The van der Waals surface area contributed by atoms with Crippen molar-refractivity contribution in [3.05, 3.63) is 41.4 Å². The summed E-state index contributed by atoms with van der Waals surface area (Å²) in [6, 6.07) is 8.99. The van der Waals surface area contributed by atoms with Crippen LogP contribution in [-0.2, 0) is 18.7 Å². The molecular weight excluding hydrogens is 596 g/mol. The molecule has 5 rings (SSSR count). The van der Waals surface area contributed by atoms with Gasteiger partial charge >= 0.3 is 0 Å². The van der Waals surface area contributed by atoms with Crippen LogP contribution < -0.4 is 26.4 Å².